The molecule has 0 unspecified atom stereocenters. The van der Waals surface area contributed by atoms with Crippen LogP contribution >= 0.6 is 23.1 Å². The summed E-state index contributed by atoms with van der Waals surface area (Å²) in [6.07, 6.45) is 0.962. The second-order valence-corrected chi connectivity index (χ2v) is 10.4. The summed E-state index contributed by atoms with van der Waals surface area (Å²) in [7, 11) is 1.78. The standard InChI is InChI=1S/C21H25N5O4S2/c1-5-29-19(28)17-16(15-12(27)7-21(2,3)8-13(15)30-18(17)22)14-6-11(9-31-14)10-32-20-23-24-25-26(20)4/h6,9,16H,5,7-8,10,22H2,1-4H3/t16-/m0/s1. The Morgan fingerprint density at radius 1 is 1.44 bits per heavy atom. The minimum absolute atomic E-state index is 0.00665. The number of Topliss-reactive ketones (excluding diaryl/α,β-unsaturated/α-hetero) is 1. The molecule has 0 amide bonds. The predicted molar refractivity (Wildman–Crippen MR) is 119 cm³/mol. The fourth-order valence-corrected chi connectivity index (χ4v) is 5.91. The molecule has 4 rings (SSSR count). The third-order valence-electron chi connectivity index (χ3n) is 5.36. The number of hydrogen-bond acceptors (Lipinski definition) is 10. The van der Waals surface area contributed by atoms with Crippen molar-refractivity contribution in [2.24, 2.45) is 18.2 Å². The van der Waals surface area contributed by atoms with Crippen LogP contribution in [0.5, 0.6) is 0 Å². The number of allylic oxidation sites excluding steroid dienone is 2. The van der Waals surface area contributed by atoms with Gasteiger partial charge in [-0.25, -0.2) is 9.48 Å². The topological polar surface area (TPSA) is 122 Å². The fourth-order valence-electron chi connectivity index (χ4n) is 3.99. The molecule has 3 heterocycles. The van der Waals surface area contributed by atoms with Crippen LogP contribution in [0.3, 0.4) is 0 Å². The minimum atomic E-state index is -0.596. The average Bonchev–Trinajstić information content (AvgIpc) is 3.33. The lowest BCUT2D eigenvalue weighted by molar-refractivity contribution is -0.139. The van der Waals surface area contributed by atoms with Gasteiger partial charge < -0.3 is 15.2 Å². The first kappa shape index (κ1) is 22.5. The molecule has 170 valence electrons. The van der Waals surface area contributed by atoms with Crippen LogP contribution < -0.4 is 5.73 Å². The second kappa shape index (κ2) is 8.70. The Kier molecular flexibility index (Phi) is 6.13. The first-order chi connectivity index (χ1) is 15.2. The molecule has 0 saturated heterocycles. The first-order valence-electron chi connectivity index (χ1n) is 10.2. The van der Waals surface area contributed by atoms with Crippen molar-refractivity contribution in [1.82, 2.24) is 20.2 Å². The number of aromatic nitrogens is 4. The van der Waals surface area contributed by atoms with E-state index in [-0.39, 0.29) is 29.3 Å². The quantitative estimate of drug-likeness (QED) is 0.496. The molecule has 1 atom stereocenters. The second-order valence-electron chi connectivity index (χ2n) is 8.54. The lowest BCUT2D eigenvalue weighted by Gasteiger charge is -2.37. The number of tetrazole rings is 1. The van der Waals surface area contributed by atoms with E-state index in [1.165, 1.54) is 23.1 Å². The molecule has 2 aromatic rings. The van der Waals surface area contributed by atoms with Crippen LogP contribution in [0.1, 0.15) is 50.0 Å². The number of thioether (sulfide) groups is 1. The molecule has 2 aliphatic rings. The zero-order chi connectivity index (χ0) is 23.0. The van der Waals surface area contributed by atoms with Gasteiger partial charge in [0.15, 0.2) is 5.78 Å². The number of ether oxygens (including phenoxy) is 2. The van der Waals surface area contributed by atoms with E-state index in [9.17, 15) is 9.59 Å². The summed E-state index contributed by atoms with van der Waals surface area (Å²) in [5, 5.41) is 14.2. The Balaban J connectivity index is 1.70. The summed E-state index contributed by atoms with van der Waals surface area (Å²) in [6.45, 7) is 5.98. The maximum absolute atomic E-state index is 13.2. The molecule has 0 aromatic carbocycles. The van der Waals surface area contributed by atoms with E-state index in [1.54, 1.807) is 18.7 Å². The Morgan fingerprint density at radius 3 is 2.91 bits per heavy atom. The smallest absolute Gasteiger partial charge is 0.340 e. The summed E-state index contributed by atoms with van der Waals surface area (Å²) in [6, 6.07) is 2.00. The van der Waals surface area contributed by atoms with E-state index in [4.69, 9.17) is 15.2 Å². The molecule has 0 saturated carbocycles. The van der Waals surface area contributed by atoms with E-state index in [1.807, 2.05) is 25.3 Å². The number of ketones is 1. The third-order valence-corrected chi connectivity index (χ3v) is 7.49. The normalized spacial score (nSPS) is 20.2. The highest BCUT2D eigenvalue weighted by atomic mass is 32.2. The van der Waals surface area contributed by atoms with Crippen molar-refractivity contribution >= 4 is 34.9 Å². The molecule has 0 spiro atoms. The zero-order valence-corrected chi connectivity index (χ0v) is 20.0. The maximum Gasteiger partial charge on any atom is 0.340 e. The number of nitrogens with zero attached hydrogens (tertiary/aromatic N) is 4. The van der Waals surface area contributed by atoms with Crippen LogP contribution in [0.15, 0.2) is 39.4 Å². The number of thiophene rings is 1. The van der Waals surface area contributed by atoms with Crippen molar-refractivity contribution in [2.75, 3.05) is 6.61 Å². The number of carbonyl (C=O) groups is 2. The number of rotatable bonds is 6. The van der Waals surface area contributed by atoms with Gasteiger partial charge >= 0.3 is 5.97 Å². The number of nitrogens with two attached hydrogens (primary N) is 1. The van der Waals surface area contributed by atoms with Gasteiger partial charge in [0, 0.05) is 36.1 Å². The van der Waals surface area contributed by atoms with Crippen molar-refractivity contribution in [3.63, 3.8) is 0 Å². The molecule has 32 heavy (non-hydrogen) atoms. The summed E-state index contributed by atoms with van der Waals surface area (Å²) >= 11 is 2.99. The lowest BCUT2D eigenvalue weighted by atomic mass is 9.71. The molecule has 9 nitrogen and oxygen atoms in total. The molecule has 0 bridgehead atoms. The van der Waals surface area contributed by atoms with E-state index in [0.717, 1.165) is 10.4 Å². The van der Waals surface area contributed by atoms with Crippen LogP contribution in [-0.2, 0) is 31.9 Å². The van der Waals surface area contributed by atoms with Gasteiger partial charge in [0.25, 0.3) is 0 Å². The summed E-state index contributed by atoms with van der Waals surface area (Å²) in [4.78, 5) is 26.9. The van der Waals surface area contributed by atoms with E-state index < -0.39 is 11.9 Å². The van der Waals surface area contributed by atoms with Crippen LogP contribution in [0, 0.1) is 5.41 Å². The Hall–Kier alpha value is -2.66. The fraction of sp³-hybridized carbons (Fsp3) is 0.476. The molecular weight excluding hydrogens is 450 g/mol. The van der Waals surface area contributed by atoms with E-state index >= 15 is 0 Å². The van der Waals surface area contributed by atoms with Crippen molar-refractivity contribution < 1.29 is 19.1 Å². The molecule has 1 aliphatic carbocycles. The summed E-state index contributed by atoms with van der Waals surface area (Å²) in [5.41, 5.74) is 7.72. The van der Waals surface area contributed by atoms with Gasteiger partial charge in [-0.2, -0.15) is 0 Å². The summed E-state index contributed by atoms with van der Waals surface area (Å²) < 4.78 is 12.7. The number of esters is 1. The van der Waals surface area contributed by atoms with Crippen molar-refractivity contribution in [1.29, 1.82) is 0 Å². The van der Waals surface area contributed by atoms with Gasteiger partial charge in [-0.3, -0.25) is 4.79 Å². The lowest BCUT2D eigenvalue weighted by Crippen LogP contribution is -2.35. The van der Waals surface area contributed by atoms with Crippen molar-refractivity contribution in [3.8, 4) is 0 Å². The zero-order valence-electron chi connectivity index (χ0n) is 18.4. The van der Waals surface area contributed by atoms with Crippen molar-refractivity contribution in [2.45, 2.75) is 50.4 Å². The minimum Gasteiger partial charge on any atom is -0.462 e. The number of carbonyl (C=O) groups excluding carboxylic acids is 2. The highest BCUT2D eigenvalue weighted by molar-refractivity contribution is 7.98. The van der Waals surface area contributed by atoms with Gasteiger partial charge in [0.2, 0.25) is 11.0 Å². The van der Waals surface area contributed by atoms with Gasteiger partial charge in [-0.05, 0) is 39.8 Å². The highest BCUT2D eigenvalue weighted by Gasteiger charge is 2.45. The molecule has 2 aromatic heterocycles. The molecular formula is C21H25N5O4S2. The maximum atomic E-state index is 13.2. The van der Waals surface area contributed by atoms with Crippen LogP contribution in [0.4, 0.5) is 0 Å². The van der Waals surface area contributed by atoms with Crippen LogP contribution in [-0.4, -0.2) is 38.6 Å². The van der Waals surface area contributed by atoms with E-state index in [2.05, 4.69) is 15.5 Å². The third kappa shape index (κ3) is 4.31. The highest BCUT2D eigenvalue weighted by Crippen LogP contribution is 2.49. The van der Waals surface area contributed by atoms with E-state index in [0.29, 0.717) is 35.1 Å². The number of hydrogen-bond donors (Lipinski definition) is 1. The molecule has 0 fully saturated rings. The average molecular weight is 476 g/mol. The summed E-state index contributed by atoms with van der Waals surface area (Å²) in [5.74, 6) is 0.0261. The monoisotopic (exact) mass is 475 g/mol. The van der Waals surface area contributed by atoms with Gasteiger partial charge in [0.05, 0.1) is 12.5 Å². The Labute approximate surface area is 194 Å². The van der Waals surface area contributed by atoms with Crippen LogP contribution in [0.2, 0.25) is 0 Å². The predicted octanol–water partition coefficient (Wildman–Crippen LogP) is 3.05. The van der Waals surface area contributed by atoms with Gasteiger partial charge in [0.1, 0.15) is 11.3 Å². The van der Waals surface area contributed by atoms with Crippen molar-refractivity contribution in [3.05, 3.63) is 44.7 Å². The molecule has 0 radical (unpaired) electrons. The number of aryl methyl sites for hydroxylation is 1. The first-order valence-corrected chi connectivity index (χ1v) is 12.1. The molecule has 11 heteroatoms. The van der Waals surface area contributed by atoms with Gasteiger partial charge in [-0.1, -0.05) is 25.6 Å². The Bertz CT molecular complexity index is 1130. The SMILES string of the molecule is CCOC(=O)C1=C(N)OC2=C(C(=O)CC(C)(C)C2)[C@@H]1c1cc(CSc2nnnn2C)cs1. The molecule has 1 aliphatic heterocycles. The van der Waals surface area contributed by atoms with Gasteiger partial charge in [-0.15, -0.1) is 16.4 Å². The van der Waals surface area contributed by atoms with Crippen LogP contribution in [0.25, 0.3) is 0 Å². The Morgan fingerprint density at radius 2 is 2.22 bits per heavy atom. The largest absolute Gasteiger partial charge is 0.462 e. The molecule has 2 N–H and O–H groups in total.